The first-order chi connectivity index (χ1) is 13.1. The number of thiazole rings is 1. The lowest BCUT2D eigenvalue weighted by molar-refractivity contribution is 0.0715. The van der Waals surface area contributed by atoms with E-state index in [1.54, 1.807) is 29.5 Å². The molecule has 0 unspecified atom stereocenters. The molecule has 27 heavy (non-hydrogen) atoms. The molecule has 0 aliphatic carbocycles. The zero-order chi connectivity index (χ0) is 19.0. The minimum absolute atomic E-state index is 0.0642. The Hall–Kier alpha value is -2.81. The number of fused-ring (bicyclic) bond motifs is 1. The standard InChI is InChI=1S/C18H20N6O2S/c1-11-15(27-10-21-11)18(26)23-7-4-12(5-8-23)14-3-6-20-16-13(17(25)19-2)9-22-24(14)16/h3,6,9-10,12H,4-5,7-8H2,1-2H3,(H,19,25). The third-order valence-corrected chi connectivity index (χ3v) is 5.96. The highest BCUT2D eigenvalue weighted by Gasteiger charge is 2.28. The van der Waals surface area contributed by atoms with E-state index in [0.29, 0.717) is 24.3 Å². The number of aryl methyl sites for hydroxylation is 1. The van der Waals surface area contributed by atoms with Gasteiger partial charge in [0.25, 0.3) is 11.8 Å². The Bertz CT molecular complexity index is 1000. The van der Waals surface area contributed by atoms with Crippen LogP contribution < -0.4 is 5.32 Å². The molecule has 4 rings (SSSR count). The van der Waals surface area contributed by atoms with Gasteiger partial charge in [-0.05, 0) is 25.8 Å². The molecule has 140 valence electrons. The topological polar surface area (TPSA) is 92.5 Å². The lowest BCUT2D eigenvalue weighted by Crippen LogP contribution is -2.38. The van der Waals surface area contributed by atoms with Crippen LogP contribution in [-0.4, -0.2) is 56.4 Å². The molecule has 1 N–H and O–H groups in total. The van der Waals surface area contributed by atoms with E-state index in [1.165, 1.54) is 11.3 Å². The van der Waals surface area contributed by atoms with Crippen molar-refractivity contribution in [2.24, 2.45) is 0 Å². The number of aromatic nitrogens is 4. The number of piperidine rings is 1. The van der Waals surface area contributed by atoms with Crippen molar-refractivity contribution in [1.82, 2.24) is 29.8 Å². The van der Waals surface area contributed by atoms with Gasteiger partial charge in [0.2, 0.25) is 0 Å². The van der Waals surface area contributed by atoms with Gasteiger partial charge in [-0.2, -0.15) is 5.10 Å². The summed E-state index contributed by atoms with van der Waals surface area (Å²) in [5.41, 5.74) is 4.56. The average molecular weight is 384 g/mol. The molecule has 1 aliphatic rings. The molecule has 0 bridgehead atoms. The van der Waals surface area contributed by atoms with Crippen molar-refractivity contribution in [3.05, 3.63) is 45.8 Å². The maximum absolute atomic E-state index is 12.7. The molecular weight excluding hydrogens is 364 g/mol. The summed E-state index contributed by atoms with van der Waals surface area (Å²) >= 11 is 1.40. The fourth-order valence-corrected chi connectivity index (χ4v) is 4.31. The molecular formula is C18H20N6O2S. The quantitative estimate of drug-likeness (QED) is 0.744. The molecule has 2 amide bonds. The highest BCUT2D eigenvalue weighted by molar-refractivity contribution is 7.11. The van der Waals surface area contributed by atoms with E-state index in [4.69, 9.17) is 0 Å². The first kappa shape index (κ1) is 17.6. The maximum atomic E-state index is 12.7. The minimum atomic E-state index is -0.199. The SMILES string of the molecule is CNC(=O)c1cnn2c(C3CCN(C(=O)c4scnc4C)CC3)ccnc12. The second-order valence-electron chi connectivity index (χ2n) is 6.58. The fraction of sp³-hybridized carbons (Fsp3) is 0.389. The molecule has 3 aromatic rings. The number of nitrogens with zero attached hydrogens (tertiary/aromatic N) is 5. The molecule has 0 atom stereocenters. The summed E-state index contributed by atoms with van der Waals surface area (Å²) in [6.07, 6.45) is 4.96. The molecule has 0 saturated carbocycles. The lowest BCUT2D eigenvalue weighted by atomic mass is 9.93. The average Bonchev–Trinajstić information content (AvgIpc) is 3.33. The number of likely N-dealkylation sites (tertiary alicyclic amines) is 1. The van der Waals surface area contributed by atoms with E-state index >= 15 is 0 Å². The number of carbonyl (C=O) groups excluding carboxylic acids is 2. The van der Waals surface area contributed by atoms with Crippen LogP contribution in [0.4, 0.5) is 0 Å². The highest BCUT2D eigenvalue weighted by atomic mass is 32.1. The molecule has 4 heterocycles. The summed E-state index contributed by atoms with van der Waals surface area (Å²) < 4.78 is 1.75. The smallest absolute Gasteiger partial charge is 0.265 e. The van der Waals surface area contributed by atoms with Crippen molar-refractivity contribution >= 4 is 28.8 Å². The number of hydrogen-bond acceptors (Lipinski definition) is 6. The van der Waals surface area contributed by atoms with Crippen LogP contribution in [0.3, 0.4) is 0 Å². The fourth-order valence-electron chi connectivity index (χ4n) is 3.54. The zero-order valence-corrected chi connectivity index (χ0v) is 16.0. The van der Waals surface area contributed by atoms with Gasteiger partial charge in [-0.25, -0.2) is 14.5 Å². The zero-order valence-electron chi connectivity index (χ0n) is 15.2. The Kier molecular flexibility index (Phi) is 4.61. The van der Waals surface area contributed by atoms with E-state index in [1.807, 2.05) is 17.9 Å². The van der Waals surface area contributed by atoms with Gasteiger partial charge in [0, 0.05) is 37.9 Å². The second kappa shape index (κ2) is 7.07. The van der Waals surface area contributed by atoms with Crippen molar-refractivity contribution in [2.75, 3.05) is 20.1 Å². The number of carbonyl (C=O) groups is 2. The number of amides is 2. The molecule has 9 heteroatoms. The minimum Gasteiger partial charge on any atom is -0.355 e. The van der Waals surface area contributed by atoms with E-state index in [9.17, 15) is 9.59 Å². The van der Waals surface area contributed by atoms with Gasteiger partial charge in [-0.1, -0.05) is 0 Å². The third-order valence-electron chi connectivity index (χ3n) is 5.04. The van der Waals surface area contributed by atoms with Crippen LogP contribution in [0.2, 0.25) is 0 Å². The van der Waals surface area contributed by atoms with E-state index < -0.39 is 0 Å². The van der Waals surface area contributed by atoms with E-state index in [2.05, 4.69) is 20.4 Å². The number of hydrogen-bond donors (Lipinski definition) is 1. The van der Waals surface area contributed by atoms with E-state index in [0.717, 1.165) is 29.1 Å². The molecule has 3 aromatic heterocycles. The lowest BCUT2D eigenvalue weighted by Gasteiger charge is -2.32. The van der Waals surface area contributed by atoms with Crippen molar-refractivity contribution in [3.8, 4) is 0 Å². The molecule has 0 radical (unpaired) electrons. The molecule has 1 saturated heterocycles. The molecule has 1 fully saturated rings. The summed E-state index contributed by atoms with van der Waals surface area (Å²) in [6, 6.07) is 1.95. The Labute approximate surface area is 160 Å². The molecule has 8 nitrogen and oxygen atoms in total. The predicted molar refractivity (Wildman–Crippen MR) is 101 cm³/mol. The first-order valence-corrected chi connectivity index (χ1v) is 9.72. The van der Waals surface area contributed by atoms with Crippen LogP contribution in [-0.2, 0) is 0 Å². The number of rotatable bonds is 3. The maximum Gasteiger partial charge on any atom is 0.265 e. The molecule has 0 spiro atoms. The van der Waals surface area contributed by atoms with Crippen LogP contribution in [0.15, 0.2) is 24.0 Å². The predicted octanol–water partition coefficient (Wildman–Crippen LogP) is 1.87. The summed E-state index contributed by atoms with van der Waals surface area (Å²) in [5, 5.41) is 6.99. The summed E-state index contributed by atoms with van der Waals surface area (Å²) in [4.78, 5) is 35.8. The van der Waals surface area contributed by atoms with Crippen LogP contribution in [0.1, 0.15) is 50.2 Å². The van der Waals surface area contributed by atoms with Gasteiger partial charge in [0.15, 0.2) is 5.65 Å². The van der Waals surface area contributed by atoms with Crippen LogP contribution in [0, 0.1) is 6.92 Å². The molecule has 0 aromatic carbocycles. The Morgan fingerprint density at radius 3 is 2.70 bits per heavy atom. The monoisotopic (exact) mass is 384 g/mol. The van der Waals surface area contributed by atoms with Crippen LogP contribution in [0.5, 0.6) is 0 Å². The van der Waals surface area contributed by atoms with Crippen molar-refractivity contribution in [1.29, 1.82) is 0 Å². The van der Waals surface area contributed by atoms with Crippen LogP contribution in [0.25, 0.3) is 5.65 Å². The molecule has 1 aliphatic heterocycles. The van der Waals surface area contributed by atoms with Gasteiger partial charge in [0.1, 0.15) is 10.4 Å². The van der Waals surface area contributed by atoms with Crippen molar-refractivity contribution in [3.63, 3.8) is 0 Å². The normalized spacial score (nSPS) is 15.3. The summed E-state index contributed by atoms with van der Waals surface area (Å²) in [5.74, 6) is 0.129. The summed E-state index contributed by atoms with van der Waals surface area (Å²) in [6.45, 7) is 3.24. The van der Waals surface area contributed by atoms with E-state index in [-0.39, 0.29) is 17.7 Å². The van der Waals surface area contributed by atoms with Gasteiger partial charge in [-0.15, -0.1) is 11.3 Å². The second-order valence-corrected chi connectivity index (χ2v) is 7.43. The van der Waals surface area contributed by atoms with Gasteiger partial charge in [0.05, 0.1) is 17.4 Å². The highest BCUT2D eigenvalue weighted by Crippen LogP contribution is 2.29. The van der Waals surface area contributed by atoms with Gasteiger partial charge < -0.3 is 10.2 Å². The van der Waals surface area contributed by atoms with Crippen molar-refractivity contribution in [2.45, 2.75) is 25.7 Å². The first-order valence-electron chi connectivity index (χ1n) is 8.84. The summed E-state index contributed by atoms with van der Waals surface area (Å²) in [7, 11) is 1.59. The largest absolute Gasteiger partial charge is 0.355 e. The van der Waals surface area contributed by atoms with Gasteiger partial charge >= 0.3 is 0 Å². The van der Waals surface area contributed by atoms with Crippen molar-refractivity contribution < 1.29 is 9.59 Å². The Morgan fingerprint density at radius 2 is 2.04 bits per heavy atom. The third kappa shape index (κ3) is 3.08. The Morgan fingerprint density at radius 1 is 1.26 bits per heavy atom. The number of nitrogens with one attached hydrogen (secondary N) is 1. The Balaban J connectivity index is 1.53. The van der Waals surface area contributed by atoms with Gasteiger partial charge in [-0.3, -0.25) is 9.59 Å². The van der Waals surface area contributed by atoms with Crippen LogP contribution >= 0.6 is 11.3 Å².